The summed E-state index contributed by atoms with van der Waals surface area (Å²) < 4.78 is 7.05. The van der Waals surface area contributed by atoms with Gasteiger partial charge in [0.2, 0.25) is 0 Å². The second-order valence-corrected chi connectivity index (χ2v) is 6.62. The van der Waals surface area contributed by atoms with E-state index in [1.807, 2.05) is 25.1 Å². The lowest BCUT2D eigenvalue weighted by molar-refractivity contribution is 0.417. The molecule has 0 spiro atoms. The monoisotopic (exact) mass is 381 g/mol. The van der Waals surface area contributed by atoms with Crippen LogP contribution in [0.25, 0.3) is 10.9 Å². The van der Waals surface area contributed by atoms with E-state index in [9.17, 15) is 4.79 Å². The topological polar surface area (TPSA) is 31.2 Å². The molecule has 3 rings (SSSR count). The number of hydrogen-bond donors (Lipinski definition) is 0. The molecule has 1 heterocycles. The molecule has 0 atom stereocenters. The van der Waals surface area contributed by atoms with Gasteiger partial charge in [-0.3, -0.25) is 4.79 Å². The van der Waals surface area contributed by atoms with Gasteiger partial charge in [-0.05, 0) is 30.7 Å². The van der Waals surface area contributed by atoms with E-state index in [0.717, 1.165) is 10.9 Å². The number of aromatic nitrogens is 1. The molecular formula is C18H14Cl3NO2. The molecule has 0 bridgehead atoms. The van der Waals surface area contributed by atoms with Crippen LogP contribution in [0, 0.1) is 6.92 Å². The third-order valence-corrected chi connectivity index (χ3v) is 5.17. The summed E-state index contributed by atoms with van der Waals surface area (Å²) in [5.41, 5.74) is 2.03. The maximum atomic E-state index is 12.6. The number of para-hydroxylation sites is 1. The highest BCUT2D eigenvalue weighted by atomic mass is 35.5. The first kappa shape index (κ1) is 17.2. The largest absolute Gasteiger partial charge is 0.495 e. The zero-order valence-electron chi connectivity index (χ0n) is 13.1. The van der Waals surface area contributed by atoms with Crippen molar-refractivity contribution in [3.05, 3.63) is 72.9 Å². The number of benzene rings is 2. The molecule has 6 heteroatoms. The molecule has 3 nitrogen and oxygen atoms in total. The van der Waals surface area contributed by atoms with Crippen molar-refractivity contribution in [2.24, 2.45) is 0 Å². The second-order valence-electron chi connectivity index (χ2n) is 5.43. The molecule has 0 aliphatic carbocycles. The molecule has 0 amide bonds. The van der Waals surface area contributed by atoms with Gasteiger partial charge < -0.3 is 9.30 Å². The molecule has 0 aliphatic rings. The summed E-state index contributed by atoms with van der Waals surface area (Å²) in [4.78, 5) is 12.6. The normalized spacial score (nSPS) is 11.0. The maximum Gasteiger partial charge on any atom is 0.251 e. The van der Waals surface area contributed by atoms with Gasteiger partial charge in [-0.15, -0.1) is 0 Å². The SMILES string of the molecule is COc1cccc2c(C)cc(=O)n(Cc3c(Cl)ccc(Cl)c3Cl)c12. The van der Waals surface area contributed by atoms with Crippen LogP contribution in [-0.4, -0.2) is 11.7 Å². The summed E-state index contributed by atoms with van der Waals surface area (Å²) >= 11 is 18.7. The summed E-state index contributed by atoms with van der Waals surface area (Å²) in [6, 6.07) is 10.6. The van der Waals surface area contributed by atoms with Gasteiger partial charge in [-0.1, -0.05) is 46.9 Å². The van der Waals surface area contributed by atoms with E-state index in [2.05, 4.69) is 0 Å². The van der Waals surface area contributed by atoms with Crippen LogP contribution in [0.1, 0.15) is 11.1 Å². The van der Waals surface area contributed by atoms with Crippen molar-refractivity contribution >= 4 is 45.7 Å². The van der Waals surface area contributed by atoms with E-state index in [1.54, 1.807) is 29.9 Å². The summed E-state index contributed by atoms with van der Waals surface area (Å²) in [5, 5.41) is 2.13. The number of halogens is 3. The highest BCUT2D eigenvalue weighted by molar-refractivity contribution is 6.44. The molecule has 0 aliphatic heterocycles. The van der Waals surface area contributed by atoms with E-state index in [1.165, 1.54) is 0 Å². The van der Waals surface area contributed by atoms with Crippen molar-refractivity contribution in [1.29, 1.82) is 0 Å². The number of nitrogens with zero attached hydrogens (tertiary/aromatic N) is 1. The van der Waals surface area contributed by atoms with E-state index >= 15 is 0 Å². The van der Waals surface area contributed by atoms with Crippen molar-refractivity contribution in [3.63, 3.8) is 0 Å². The van der Waals surface area contributed by atoms with Gasteiger partial charge in [0.25, 0.3) is 5.56 Å². The van der Waals surface area contributed by atoms with Crippen molar-refractivity contribution in [3.8, 4) is 5.75 Å². The average Bonchev–Trinajstić information content (AvgIpc) is 2.57. The lowest BCUT2D eigenvalue weighted by Crippen LogP contribution is -2.21. The molecule has 0 saturated carbocycles. The van der Waals surface area contributed by atoms with Crippen LogP contribution >= 0.6 is 34.8 Å². The number of fused-ring (bicyclic) bond motifs is 1. The molecule has 0 fully saturated rings. The minimum Gasteiger partial charge on any atom is -0.495 e. The third-order valence-electron chi connectivity index (χ3n) is 3.97. The van der Waals surface area contributed by atoms with E-state index in [4.69, 9.17) is 39.5 Å². The molecule has 1 aromatic heterocycles. The summed E-state index contributed by atoms with van der Waals surface area (Å²) in [5.74, 6) is 0.613. The quantitative estimate of drug-likeness (QED) is 0.574. The van der Waals surface area contributed by atoms with Crippen LogP contribution in [0.5, 0.6) is 5.75 Å². The zero-order chi connectivity index (χ0) is 17.4. The molecule has 0 radical (unpaired) electrons. The fraction of sp³-hybridized carbons (Fsp3) is 0.167. The second kappa shape index (κ2) is 6.67. The first-order valence-corrected chi connectivity index (χ1v) is 8.37. The zero-order valence-corrected chi connectivity index (χ0v) is 15.3. The Hall–Kier alpha value is -1.68. The maximum absolute atomic E-state index is 12.6. The predicted octanol–water partition coefficient (Wildman–Crippen LogP) is 5.33. The Morgan fingerprint density at radius 3 is 2.50 bits per heavy atom. The highest BCUT2D eigenvalue weighted by Gasteiger charge is 2.15. The Kier molecular flexibility index (Phi) is 4.77. The van der Waals surface area contributed by atoms with Gasteiger partial charge in [0, 0.05) is 22.0 Å². The van der Waals surface area contributed by atoms with Crippen LogP contribution < -0.4 is 10.3 Å². The molecule has 0 N–H and O–H groups in total. The van der Waals surface area contributed by atoms with Crippen molar-refractivity contribution in [2.75, 3.05) is 7.11 Å². The van der Waals surface area contributed by atoms with Crippen molar-refractivity contribution in [2.45, 2.75) is 13.5 Å². The van der Waals surface area contributed by atoms with Crippen LogP contribution in [0.2, 0.25) is 15.1 Å². The lowest BCUT2D eigenvalue weighted by Gasteiger charge is -2.16. The van der Waals surface area contributed by atoms with E-state index < -0.39 is 0 Å². The van der Waals surface area contributed by atoms with Crippen LogP contribution in [-0.2, 0) is 6.54 Å². The highest BCUT2D eigenvalue weighted by Crippen LogP contribution is 2.33. The van der Waals surface area contributed by atoms with Crippen LogP contribution in [0.15, 0.2) is 41.2 Å². The fourth-order valence-electron chi connectivity index (χ4n) is 2.76. The standard InChI is InChI=1S/C18H14Cl3NO2/c1-10-8-16(23)22(18-11(10)4-3-5-15(18)24-2)9-12-13(19)6-7-14(20)17(12)21/h3-8H,9H2,1-2H3. The fourth-order valence-corrected chi connectivity index (χ4v) is 3.43. The summed E-state index contributed by atoms with van der Waals surface area (Å²) in [6.07, 6.45) is 0. The third kappa shape index (κ3) is 2.88. The average molecular weight is 383 g/mol. The Bertz CT molecular complexity index is 996. The first-order chi connectivity index (χ1) is 11.4. The number of rotatable bonds is 3. The Balaban J connectivity index is 2.32. The van der Waals surface area contributed by atoms with Crippen LogP contribution in [0.3, 0.4) is 0 Å². The van der Waals surface area contributed by atoms with E-state index in [0.29, 0.717) is 31.9 Å². The predicted molar refractivity (Wildman–Crippen MR) is 100 cm³/mol. The minimum absolute atomic E-state index is 0.156. The summed E-state index contributed by atoms with van der Waals surface area (Å²) in [7, 11) is 1.57. The molecule has 124 valence electrons. The number of hydrogen-bond acceptors (Lipinski definition) is 2. The van der Waals surface area contributed by atoms with E-state index in [-0.39, 0.29) is 12.1 Å². The lowest BCUT2D eigenvalue weighted by atomic mass is 10.1. The van der Waals surface area contributed by atoms with Gasteiger partial charge in [-0.25, -0.2) is 0 Å². The number of methoxy groups -OCH3 is 1. The van der Waals surface area contributed by atoms with Gasteiger partial charge >= 0.3 is 0 Å². The molecule has 0 saturated heterocycles. The van der Waals surface area contributed by atoms with Gasteiger partial charge in [0.15, 0.2) is 0 Å². The minimum atomic E-state index is -0.156. The Labute approximate surface area is 154 Å². The molecule has 24 heavy (non-hydrogen) atoms. The van der Waals surface area contributed by atoms with Crippen molar-refractivity contribution < 1.29 is 4.74 Å². The smallest absolute Gasteiger partial charge is 0.251 e. The molecule has 3 aromatic rings. The van der Waals surface area contributed by atoms with Gasteiger partial charge in [0.1, 0.15) is 5.75 Å². The Morgan fingerprint density at radius 1 is 1.08 bits per heavy atom. The van der Waals surface area contributed by atoms with Crippen molar-refractivity contribution in [1.82, 2.24) is 4.57 Å². The van der Waals surface area contributed by atoms with Gasteiger partial charge in [0.05, 0.1) is 29.2 Å². The molecule has 0 unspecified atom stereocenters. The number of aryl methyl sites for hydroxylation is 1. The summed E-state index contributed by atoms with van der Waals surface area (Å²) in [6.45, 7) is 2.10. The molecule has 2 aromatic carbocycles. The number of pyridine rings is 1. The van der Waals surface area contributed by atoms with Crippen LogP contribution in [0.4, 0.5) is 0 Å². The Morgan fingerprint density at radius 2 is 1.79 bits per heavy atom. The molecular weight excluding hydrogens is 369 g/mol. The number of ether oxygens (including phenoxy) is 1. The van der Waals surface area contributed by atoms with Gasteiger partial charge in [-0.2, -0.15) is 0 Å². The first-order valence-electron chi connectivity index (χ1n) is 7.23.